The number of nitrogens with one attached hydrogen (secondary N) is 1. The van der Waals surface area contributed by atoms with Crippen LogP contribution in [-0.4, -0.2) is 64.2 Å². The first-order chi connectivity index (χ1) is 12.6. The van der Waals surface area contributed by atoms with Crippen molar-refractivity contribution in [3.8, 4) is 0 Å². The van der Waals surface area contributed by atoms with Crippen LogP contribution in [0.3, 0.4) is 0 Å². The number of nitrogens with zero attached hydrogens (tertiary/aromatic N) is 4. The zero-order chi connectivity index (χ0) is 18.1. The van der Waals surface area contributed by atoms with Crippen molar-refractivity contribution in [2.75, 3.05) is 33.4 Å². The molecule has 0 aliphatic carbocycles. The summed E-state index contributed by atoms with van der Waals surface area (Å²) >= 11 is 0. The molecule has 140 valence electrons. The van der Waals surface area contributed by atoms with Gasteiger partial charge in [-0.1, -0.05) is 5.16 Å². The largest absolute Gasteiger partial charge is 0.375 e. The smallest absolute Gasteiger partial charge is 0.249 e. The number of H-pyrrole nitrogens is 1. The van der Waals surface area contributed by atoms with E-state index in [1.807, 2.05) is 17.9 Å². The highest BCUT2D eigenvalue weighted by Crippen LogP contribution is 2.42. The number of likely N-dealkylation sites (tertiary alicyclic amines) is 1. The summed E-state index contributed by atoms with van der Waals surface area (Å²) in [5, 5.41) is 3.96. The lowest BCUT2D eigenvalue weighted by Gasteiger charge is -2.50. The Balaban J connectivity index is 1.54. The van der Waals surface area contributed by atoms with Crippen molar-refractivity contribution in [3.63, 3.8) is 0 Å². The third-order valence-corrected chi connectivity index (χ3v) is 5.57. The highest BCUT2D eigenvalue weighted by molar-refractivity contribution is 5.79. The summed E-state index contributed by atoms with van der Waals surface area (Å²) in [7, 11) is 1.57. The van der Waals surface area contributed by atoms with Crippen LogP contribution in [0.4, 0.5) is 0 Å². The summed E-state index contributed by atoms with van der Waals surface area (Å²) in [6.07, 6.45) is 4.27. The number of aryl methyl sites for hydroxylation is 1. The number of methoxy groups -OCH3 is 1. The van der Waals surface area contributed by atoms with E-state index in [1.165, 1.54) is 0 Å². The predicted octanol–water partition coefficient (Wildman–Crippen LogP) is 1.23. The van der Waals surface area contributed by atoms with Gasteiger partial charge in [0.05, 0.1) is 29.8 Å². The molecule has 1 spiro atoms. The number of ether oxygens (including phenoxy) is 1. The van der Waals surface area contributed by atoms with Crippen LogP contribution >= 0.6 is 0 Å². The van der Waals surface area contributed by atoms with Gasteiger partial charge in [0.1, 0.15) is 6.61 Å². The Morgan fingerprint density at radius 3 is 2.88 bits per heavy atom. The van der Waals surface area contributed by atoms with Gasteiger partial charge in [-0.25, -0.2) is 4.98 Å². The summed E-state index contributed by atoms with van der Waals surface area (Å²) < 4.78 is 10.5. The van der Waals surface area contributed by atoms with E-state index in [1.54, 1.807) is 13.4 Å². The number of imidazole rings is 1. The van der Waals surface area contributed by atoms with Gasteiger partial charge in [0.25, 0.3) is 0 Å². The summed E-state index contributed by atoms with van der Waals surface area (Å²) in [5.74, 6) is 0.926. The number of rotatable bonds is 4. The van der Waals surface area contributed by atoms with Gasteiger partial charge >= 0.3 is 0 Å². The molecule has 2 aromatic rings. The molecule has 0 aromatic carbocycles. The number of carbonyl (C=O) groups is 1. The van der Waals surface area contributed by atoms with Gasteiger partial charge in [0.15, 0.2) is 5.76 Å². The number of hydrogen-bond acceptors (Lipinski definition) is 6. The second-order valence-electron chi connectivity index (χ2n) is 7.20. The van der Waals surface area contributed by atoms with Gasteiger partial charge in [-0.2, -0.15) is 0 Å². The molecule has 4 rings (SSSR count). The minimum absolute atomic E-state index is 0.0421. The number of amides is 1. The van der Waals surface area contributed by atoms with Crippen molar-refractivity contribution in [2.45, 2.75) is 38.3 Å². The van der Waals surface area contributed by atoms with Gasteiger partial charge < -0.3 is 19.1 Å². The standard InChI is InChI=1S/C18H25N5O3/c1-13-9-14(26-21-13)10-22-7-4-18(5-8-22)17-15(19-12-20-17)3-6-23(18)16(24)11-25-2/h9,12H,3-8,10-11H2,1-2H3,(H,19,20). The fourth-order valence-corrected chi connectivity index (χ4v) is 4.34. The highest BCUT2D eigenvalue weighted by atomic mass is 16.5. The first-order valence-electron chi connectivity index (χ1n) is 9.09. The van der Waals surface area contributed by atoms with E-state index >= 15 is 0 Å². The molecule has 2 aliphatic heterocycles. The average Bonchev–Trinajstić information content (AvgIpc) is 3.27. The maximum absolute atomic E-state index is 12.7. The minimum atomic E-state index is -0.336. The van der Waals surface area contributed by atoms with E-state index in [2.05, 4.69) is 20.0 Å². The number of aromatic nitrogens is 3. The zero-order valence-electron chi connectivity index (χ0n) is 15.3. The predicted molar refractivity (Wildman–Crippen MR) is 93.3 cm³/mol. The Bertz CT molecular complexity index is 775. The molecule has 1 N–H and O–H groups in total. The Morgan fingerprint density at radius 1 is 1.38 bits per heavy atom. The van der Waals surface area contributed by atoms with E-state index in [-0.39, 0.29) is 18.1 Å². The molecule has 8 nitrogen and oxygen atoms in total. The highest BCUT2D eigenvalue weighted by Gasteiger charge is 2.48. The summed E-state index contributed by atoms with van der Waals surface area (Å²) in [4.78, 5) is 24.9. The third kappa shape index (κ3) is 2.93. The molecular weight excluding hydrogens is 334 g/mol. The van der Waals surface area contributed by atoms with Crippen molar-refractivity contribution in [3.05, 3.63) is 35.2 Å². The molecule has 1 saturated heterocycles. The van der Waals surface area contributed by atoms with Gasteiger partial charge in [-0.05, 0) is 19.8 Å². The molecule has 0 radical (unpaired) electrons. The second-order valence-corrected chi connectivity index (χ2v) is 7.20. The molecule has 1 fully saturated rings. The van der Waals surface area contributed by atoms with E-state index in [0.29, 0.717) is 6.54 Å². The number of hydrogen-bond donors (Lipinski definition) is 1. The van der Waals surface area contributed by atoms with Crippen LogP contribution in [0.1, 0.15) is 35.7 Å². The number of piperidine rings is 1. The maximum Gasteiger partial charge on any atom is 0.249 e. The van der Waals surface area contributed by atoms with E-state index in [4.69, 9.17) is 9.26 Å². The van der Waals surface area contributed by atoms with Crippen LogP contribution in [0.15, 0.2) is 16.9 Å². The lowest BCUT2D eigenvalue weighted by molar-refractivity contribution is -0.146. The van der Waals surface area contributed by atoms with Crippen LogP contribution < -0.4 is 0 Å². The Labute approximate surface area is 152 Å². The van der Waals surface area contributed by atoms with Crippen LogP contribution in [0.25, 0.3) is 0 Å². The van der Waals surface area contributed by atoms with Crippen LogP contribution in [0, 0.1) is 6.92 Å². The molecule has 2 aliphatic rings. The minimum Gasteiger partial charge on any atom is -0.375 e. The van der Waals surface area contributed by atoms with E-state index in [9.17, 15) is 4.79 Å². The SMILES string of the molecule is COCC(=O)N1CCc2[nH]cnc2C12CCN(Cc1cc(C)no1)CC2. The summed E-state index contributed by atoms with van der Waals surface area (Å²) in [6, 6.07) is 1.98. The van der Waals surface area contributed by atoms with Crippen LogP contribution in [0.2, 0.25) is 0 Å². The Morgan fingerprint density at radius 2 is 2.19 bits per heavy atom. The third-order valence-electron chi connectivity index (χ3n) is 5.57. The normalized spacial score (nSPS) is 19.7. The van der Waals surface area contributed by atoms with Crippen molar-refractivity contribution >= 4 is 5.91 Å². The Hall–Kier alpha value is -2.19. The van der Waals surface area contributed by atoms with Crippen molar-refractivity contribution in [1.82, 2.24) is 24.9 Å². The van der Waals surface area contributed by atoms with Crippen molar-refractivity contribution in [1.29, 1.82) is 0 Å². The molecule has 8 heteroatoms. The lowest BCUT2D eigenvalue weighted by Crippen LogP contribution is -2.58. The molecule has 0 saturated carbocycles. The molecule has 0 atom stereocenters. The monoisotopic (exact) mass is 359 g/mol. The first kappa shape index (κ1) is 17.2. The van der Waals surface area contributed by atoms with Crippen LogP contribution in [0.5, 0.6) is 0 Å². The Kier molecular flexibility index (Phi) is 4.54. The summed E-state index contributed by atoms with van der Waals surface area (Å²) in [5.41, 5.74) is 2.75. The van der Waals surface area contributed by atoms with Crippen molar-refractivity contribution in [2.24, 2.45) is 0 Å². The number of carbonyl (C=O) groups excluding carboxylic acids is 1. The molecule has 4 heterocycles. The molecule has 2 aromatic heterocycles. The molecule has 1 amide bonds. The lowest BCUT2D eigenvalue weighted by atomic mass is 9.78. The maximum atomic E-state index is 12.7. The van der Waals surface area contributed by atoms with Crippen molar-refractivity contribution < 1.29 is 14.1 Å². The van der Waals surface area contributed by atoms with Gasteiger partial charge in [-0.15, -0.1) is 0 Å². The molecule has 26 heavy (non-hydrogen) atoms. The quantitative estimate of drug-likeness (QED) is 0.883. The topological polar surface area (TPSA) is 87.5 Å². The molecule has 0 bridgehead atoms. The summed E-state index contributed by atoms with van der Waals surface area (Å²) in [6.45, 7) is 5.25. The zero-order valence-corrected chi connectivity index (χ0v) is 15.3. The molecular formula is C18H25N5O3. The van der Waals surface area contributed by atoms with E-state index < -0.39 is 0 Å². The molecule has 0 unspecified atom stereocenters. The van der Waals surface area contributed by atoms with Crippen LogP contribution in [-0.2, 0) is 28.0 Å². The average molecular weight is 359 g/mol. The fraction of sp³-hybridized carbons (Fsp3) is 0.611. The van der Waals surface area contributed by atoms with Gasteiger partial charge in [0, 0.05) is 44.9 Å². The van der Waals surface area contributed by atoms with E-state index in [0.717, 1.165) is 61.7 Å². The number of aromatic amines is 1. The number of fused-ring (bicyclic) bond motifs is 2. The fourth-order valence-electron chi connectivity index (χ4n) is 4.34. The van der Waals surface area contributed by atoms with Gasteiger partial charge in [-0.3, -0.25) is 9.69 Å². The second kappa shape index (κ2) is 6.85. The van der Waals surface area contributed by atoms with Gasteiger partial charge in [0.2, 0.25) is 5.91 Å². The first-order valence-corrected chi connectivity index (χ1v) is 9.09.